The van der Waals surface area contributed by atoms with E-state index in [1.807, 2.05) is 30.3 Å². The maximum absolute atomic E-state index is 14.9. The number of piperidine rings is 1. The van der Waals surface area contributed by atoms with Gasteiger partial charge in [-0.2, -0.15) is 0 Å². The van der Waals surface area contributed by atoms with Crippen LogP contribution in [0.3, 0.4) is 0 Å². The number of carbonyl (C=O) groups is 2. The van der Waals surface area contributed by atoms with E-state index in [0.29, 0.717) is 17.4 Å². The Bertz CT molecular complexity index is 1290. The van der Waals surface area contributed by atoms with Crippen LogP contribution in [0, 0.1) is 23.6 Å². The third-order valence-corrected chi connectivity index (χ3v) is 10.9. The van der Waals surface area contributed by atoms with Crippen molar-refractivity contribution in [3.8, 4) is 0 Å². The number of carbonyl (C=O) groups excluding carboxylic acids is 2. The number of methoxy groups -OCH3 is 2. The average molecular weight is 607 g/mol. The number of hydrogen-bond acceptors (Lipinski definition) is 7. The van der Waals surface area contributed by atoms with E-state index in [-0.39, 0.29) is 35.3 Å². The first-order valence-electron chi connectivity index (χ1n) is 16.4. The van der Waals surface area contributed by atoms with Crippen LogP contribution in [0.5, 0.6) is 0 Å². The van der Waals surface area contributed by atoms with Gasteiger partial charge in [-0.25, -0.2) is 14.0 Å². The zero-order valence-electron chi connectivity index (χ0n) is 26.2. The zero-order valence-corrected chi connectivity index (χ0v) is 26.2. The first-order chi connectivity index (χ1) is 21.4. The van der Waals surface area contributed by atoms with Crippen LogP contribution in [0.4, 0.5) is 14.9 Å². The van der Waals surface area contributed by atoms with Gasteiger partial charge in [0.15, 0.2) is 0 Å². The first-order valence-corrected chi connectivity index (χ1v) is 16.4. The predicted molar refractivity (Wildman–Crippen MR) is 168 cm³/mol. The van der Waals surface area contributed by atoms with Crippen LogP contribution in [0.15, 0.2) is 48.5 Å². The molecule has 1 amide bonds. The van der Waals surface area contributed by atoms with Gasteiger partial charge in [-0.05, 0) is 112 Å². The Balaban J connectivity index is 1.15. The summed E-state index contributed by atoms with van der Waals surface area (Å²) in [6, 6.07) is 15.0. The molecule has 0 bridgehead atoms. The molecule has 0 unspecified atom stereocenters. The van der Waals surface area contributed by atoms with Crippen molar-refractivity contribution in [3.05, 3.63) is 65.5 Å². The van der Waals surface area contributed by atoms with E-state index >= 15 is 0 Å². The number of nitrogens with zero attached hydrogens (tertiary/aromatic N) is 3. The maximum Gasteiger partial charge on any atom is 0.407 e. The third kappa shape index (κ3) is 6.31. The monoisotopic (exact) mass is 606 g/mol. The van der Waals surface area contributed by atoms with Gasteiger partial charge in [0, 0.05) is 49.2 Å². The van der Waals surface area contributed by atoms with Gasteiger partial charge in [-0.1, -0.05) is 18.6 Å². The Hall–Kier alpha value is -3.17. The van der Waals surface area contributed by atoms with Crippen LogP contribution in [-0.2, 0) is 14.9 Å². The van der Waals surface area contributed by atoms with E-state index in [0.717, 1.165) is 95.7 Å². The summed E-state index contributed by atoms with van der Waals surface area (Å²) in [7, 11) is 2.83. The lowest BCUT2D eigenvalue weighted by Crippen LogP contribution is -2.60. The fourth-order valence-corrected chi connectivity index (χ4v) is 8.56. The molecular formula is C35H47FN4O4. The van der Waals surface area contributed by atoms with Crippen molar-refractivity contribution >= 4 is 17.7 Å². The molecule has 0 spiro atoms. The number of alkyl carbamates (subject to hydrolysis) is 1. The first kappa shape index (κ1) is 30.8. The average Bonchev–Trinajstić information content (AvgIpc) is 3.47. The highest BCUT2D eigenvalue weighted by Crippen LogP contribution is 2.51. The minimum Gasteiger partial charge on any atom is -0.465 e. The molecule has 3 saturated heterocycles. The quantitative estimate of drug-likeness (QED) is 0.385. The summed E-state index contributed by atoms with van der Waals surface area (Å²) in [5, 5.41) is 3.18. The van der Waals surface area contributed by atoms with E-state index in [9.17, 15) is 14.0 Å². The molecule has 3 atom stereocenters. The summed E-state index contributed by atoms with van der Waals surface area (Å²) < 4.78 is 24.7. The largest absolute Gasteiger partial charge is 0.465 e. The number of nitrogens with one attached hydrogen (secondary N) is 1. The molecule has 3 heterocycles. The number of rotatable bonds is 10. The molecule has 1 aliphatic carbocycles. The van der Waals surface area contributed by atoms with Gasteiger partial charge in [0.25, 0.3) is 0 Å². The molecule has 9 heteroatoms. The van der Waals surface area contributed by atoms with E-state index in [1.54, 1.807) is 12.1 Å². The number of esters is 1. The molecule has 1 saturated carbocycles. The van der Waals surface area contributed by atoms with E-state index in [4.69, 9.17) is 9.47 Å². The predicted octanol–water partition coefficient (Wildman–Crippen LogP) is 4.93. The lowest BCUT2D eigenvalue weighted by Gasteiger charge is -2.54. The summed E-state index contributed by atoms with van der Waals surface area (Å²) >= 11 is 0. The fourth-order valence-electron chi connectivity index (χ4n) is 8.56. The highest BCUT2D eigenvalue weighted by molar-refractivity contribution is 5.89. The fraction of sp³-hybridized carbons (Fsp3) is 0.600. The minimum absolute atomic E-state index is 0.0210. The summed E-state index contributed by atoms with van der Waals surface area (Å²) in [6.07, 6.45) is 5.98. The molecule has 44 heavy (non-hydrogen) atoms. The number of hydrogen-bond donors (Lipinski definition) is 1. The van der Waals surface area contributed by atoms with Gasteiger partial charge in [0.05, 0.1) is 19.8 Å². The van der Waals surface area contributed by atoms with E-state index in [2.05, 4.69) is 26.1 Å². The molecule has 1 N–H and O–H groups in total. The van der Waals surface area contributed by atoms with Gasteiger partial charge in [0.1, 0.15) is 5.82 Å². The molecule has 238 valence electrons. The number of ether oxygens (including phenoxy) is 2. The molecule has 2 aromatic rings. The molecular weight excluding hydrogens is 559 g/mol. The van der Waals surface area contributed by atoms with Crippen LogP contribution in [-0.4, -0.2) is 94.5 Å². The number of anilines is 1. The second-order valence-corrected chi connectivity index (χ2v) is 13.3. The van der Waals surface area contributed by atoms with Crippen LogP contribution >= 0.6 is 0 Å². The topological polar surface area (TPSA) is 74.4 Å². The van der Waals surface area contributed by atoms with Crippen LogP contribution < -0.4 is 10.2 Å². The van der Waals surface area contributed by atoms with Crippen molar-refractivity contribution in [2.75, 3.05) is 71.5 Å². The lowest BCUT2D eigenvalue weighted by atomic mass is 9.57. The van der Waals surface area contributed by atoms with E-state index in [1.165, 1.54) is 20.6 Å². The Morgan fingerprint density at radius 3 is 2.30 bits per heavy atom. The number of benzene rings is 2. The maximum atomic E-state index is 14.9. The molecule has 0 radical (unpaired) electrons. The minimum atomic E-state index is -0.372. The zero-order chi connectivity index (χ0) is 30.7. The van der Waals surface area contributed by atoms with E-state index < -0.39 is 0 Å². The standard InChI is InChI=1S/C35H47FN4O4/c1-43-33(41)26-10-12-30(13-11-26)40-22-25(23-40)21-38-18-14-27(15-19-38)35(24-39-16-5-17-39,28-6-3-7-29(36)20-28)31-8-4-9-32(31)37-34(42)44-2/h3,6-7,10-13,20,25,27,31-32H,4-5,8-9,14-19,21-24H2,1-2H3,(H,37,42)/t31-,32-,35-/m0/s1. The lowest BCUT2D eigenvalue weighted by molar-refractivity contribution is 0.0223. The van der Waals surface area contributed by atoms with Crippen molar-refractivity contribution in [2.24, 2.45) is 17.8 Å². The van der Waals surface area contributed by atoms with Gasteiger partial charge in [0.2, 0.25) is 0 Å². The normalized spacial score (nSPS) is 24.7. The van der Waals surface area contributed by atoms with Crippen molar-refractivity contribution < 1.29 is 23.5 Å². The van der Waals surface area contributed by atoms with Crippen LogP contribution in [0.1, 0.15) is 54.4 Å². The summed E-state index contributed by atoms with van der Waals surface area (Å²) in [4.78, 5) is 31.7. The molecule has 0 aromatic heterocycles. The van der Waals surface area contributed by atoms with Gasteiger partial charge < -0.3 is 29.5 Å². The van der Waals surface area contributed by atoms with Gasteiger partial charge in [-0.15, -0.1) is 0 Å². The Kier molecular flexibility index (Phi) is 9.42. The van der Waals surface area contributed by atoms with Crippen molar-refractivity contribution in [3.63, 3.8) is 0 Å². The smallest absolute Gasteiger partial charge is 0.407 e. The molecule has 4 fully saturated rings. The molecule has 4 aliphatic rings. The molecule has 3 aliphatic heterocycles. The second-order valence-electron chi connectivity index (χ2n) is 13.3. The van der Waals surface area contributed by atoms with Crippen LogP contribution in [0.2, 0.25) is 0 Å². The van der Waals surface area contributed by atoms with Crippen molar-refractivity contribution in [2.45, 2.75) is 50.0 Å². The van der Waals surface area contributed by atoms with Gasteiger partial charge in [-0.3, -0.25) is 0 Å². The van der Waals surface area contributed by atoms with Crippen LogP contribution in [0.25, 0.3) is 0 Å². The molecule has 6 rings (SSSR count). The Morgan fingerprint density at radius 1 is 0.909 bits per heavy atom. The Labute approximate surface area is 260 Å². The third-order valence-electron chi connectivity index (χ3n) is 10.9. The number of amides is 1. The highest BCUT2D eigenvalue weighted by Gasteiger charge is 2.53. The van der Waals surface area contributed by atoms with Crippen molar-refractivity contribution in [1.82, 2.24) is 15.1 Å². The highest BCUT2D eigenvalue weighted by atomic mass is 19.1. The summed E-state index contributed by atoms with van der Waals surface area (Å²) in [5.74, 6) is 0.752. The summed E-state index contributed by atoms with van der Waals surface area (Å²) in [5.41, 5.74) is 2.58. The second kappa shape index (κ2) is 13.4. The number of halogens is 1. The van der Waals surface area contributed by atoms with Crippen molar-refractivity contribution in [1.29, 1.82) is 0 Å². The van der Waals surface area contributed by atoms with Gasteiger partial charge >= 0.3 is 12.1 Å². The molecule has 2 aromatic carbocycles. The number of likely N-dealkylation sites (tertiary alicyclic amines) is 2. The molecule has 8 nitrogen and oxygen atoms in total. The Morgan fingerprint density at radius 2 is 1.66 bits per heavy atom. The summed E-state index contributed by atoms with van der Waals surface area (Å²) in [6.45, 7) is 8.27. The SMILES string of the molecule is COC(=O)N[C@H]1CCC[C@@H]1[C@](CN1CCC1)(c1cccc(F)c1)C1CCN(CC2CN(c3ccc(C(=O)OC)cc3)C2)CC1.